The molecule has 1 aromatic carbocycles. The number of fused-ring (bicyclic) bond motifs is 1. The molecule has 0 amide bonds. The molecule has 0 bridgehead atoms. The minimum atomic E-state index is -0.805. The third-order valence-electron chi connectivity index (χ3n) is 2.35. The van der Waals surface area contributed by atoms with Crippen molar-refractivity contribution in [2.75, 3.05) is 19.0 Å². The summed E-state index contributed by atoms with van der Waals surface area (Å²) in [5.41, 5.74) is 2.68. The fourth-order valence-electron chi connectivity index (χ4n) is 1.58. The zero-order valence-corrected chi connectivity index (χ0v) is 8.88. The highest BCUT2D eigenvalue weighted by molar-refractivity contribution is 6.61. The van der Waals surface area contributed by atoms with Gasteiger partial charge < -0.3 is 14.6 Å². The quantitative estimate of drug-likeness (QED) is 0.692. The van der Waals surface area contributed by atoms with E-state index >= 15 is 0 Å². The fraction of sp³-hybridized carbons (Fsp3) is 0.333. The van der Waals surface area contributed by atoms with Crippen LogP contribution in [-0.2, 0) is 11.3 Å². The summed E-state index contributed by atoms with van der Waals surface area (Å²) < 4.78 is 5.09. The van der Waals surface area contributed by atoms with Gasteiger partial charge in [-0.3, -0.25) is 0 Å². The predicted octanol–water partition coefficient (Wildman–Crippen LogP) is 0.624. The van der Waals surface area contributed by atoms with E-state index in [1.165, 1.54) is 0 Å². The maximum absolute atomic E-state index is 9.49. The first kappa shape index (κ1) is 9.83. The molecule has 0 saturated carbocycles. The Balaban J connectivity index is 2.51. The predicted molar refractivity (Wildman–Crippen MR) is 58.2 cm³/mol. The molecule has 0 saturated heterocycles. The van der Waals surface area contributed by atoms with E-state index in [0.29, 0.717) is 11.6 Å². The molecule has 1 heterocycles. The molecule has 1 aromatic rings. The highest BCUT2D eigenvalue weighted by Gasteiger charge is 2.28. The maximum Gasteiger partial charge on any atom is 0.491 e. The Labute approximate surface area is 88.4 Å². The van der Waals surface area contributed by atoms with Crippen LogP contribution in [0.2, 0.25) is 5.02 Å². The van der Waals surface area contributed by atoms with Crippen molar-refractivity contribution in [3.05, 3.63) is 22.7 Å². The number of rotatable bonds is 1. The van der Waals surface area contributed by atoms with Crippen molar-refractivity contribution in [3.63, 3.8) is 0 Å². The van der Waals surface area contributed by atoms with E-state index in [9.17, 15) is 5.02 Å². The van der Waals surface area contributed by atoms with Crippen LogP contribution >= 0.6 is 11.6 Å². The molecule has 0 fully saturated rings. The molecule has 0 aromatic heterocycles. The van der Waals surface area contributed by atoms with Gasteiger partial charge >= 0.3 is 7.12 Å². The van der Waals surface area contributed by atoms with Gasteiger partial charge in [0, 0.05) is 14.1 Å². The van der Waals surface area contributed by atoms with Crippen LogP contribution in [0.15, 0.2) is 12.1 Å². The number of benzene rings is 1. The number of hydrogen-bond acceptors (Lipinski definition) is 3. The van der Waals surface area contributed by atoms with Gasteiger partial charge in [-0.15, -0.1) is 0 Å². The number of anilines is 1. The Bertz CT molecular complexity index is 369. The van der Waals surface area contributed by atoms with Gasteiger partial charge in [-0.05, 0) is 23.2 Å². The number of hydrogen-bond donors (Lipinski definition) is 1. The van der Waals surface area contributed by atoms with Crippen molar-refractivity contribution < 1.29 is 9.68 Å². The highest BCUT2D eigenvalue weighted by Crippen LogP contribution is 2.26. The number of halogens is 1. The summed E-state index contributed by atoms with van der Waals surface area (Å²) in [6.07, 6.45) is 0. The molecule has 5 heteroatoms. The topological polar surface area (TPSA) is 32.7 Å². The van der Waals surface area contributed by atoms with Gasteiger partial charge in [0.15, 0.2) is 0 Å². The van der Waals surface area contributed by atoms with E-state index in [4.69, 9.17) is 16.3 Å². The third-order valence-corrected chi connectivity index (χ3v) is 2.66. The van der Waals surface area contributed by atoms with Gasteiger partial charge in [0.1, 0.15) is 0 Å². The van der Waals surface area contributed by atoms with Crippen LogP contribution < -0.4 is 10.4 Å². The van der Waals surface area contributed by atoms with Gasteiger partial charge in [-0.2, -0.15) is 0 Å². The van der Waals surface area contributed by atoms with Gasteiger partial charge in [0.05, 0.1) is 17.3 Å². The van der Waals surface area contributed by atoms with E-state index in [0.717, 1.165) is 16.7 Å². The molecule has 14 heavy (non-hydrogen) atoms. The lowest BCUT2D eigenvalue weighted by molar-refractivity contribution is 0.275. The molecule has 1 N–H and O–H groups in total. The zero-order chi connectivity index (χ0) is 10.3. The number of nitrogens with zero attached hydrogens (tertiary/aromatic N) is 1. The molecule has 1 aliphatic rings. The summed E-state index contributed by atoms with van der Waals surface area (Å²) in [5.74, 6) is 0. The van der Waals surface area contributed by atoms with E-state index in [-0.39, 0.29) is 0 Å². The fourth-order valence-corrected chi connectivity index (χ4v) is 1.93. The monoisotopic (exact) mass is 211 g/mol. The Hall–Kier alpha value is -0.705. The molecular weight excluding hydrogens is 200 g/mol. The first-order valence-electron chi connectivity index (χ1n) is 4.39. The van der Waals surface area contributed by atoms with Crippen LogP contribution in [0.1, 0.15) is 5.56 Å². The second-order valence-electron chi connectivity index (χ2n) is 3.56. The van der Waals surface area contributed by atoms with Gasteiger partial charge in [-0.25, -0.2) is 0 Å². The lowest BCUT2D eigenvalue weighted by atomic mass is 9.79. The molecule has 0 aliphatic carbocycles. The second kappa shape index (κ2) is 3.46. The highest BCUT2D eigenvalue weighted by atomic mass is 35.5. The average molecular weight is 211 g/mol. The standard InChI is InChI=1S/C9H11BClNO2/c1-12(2)9-4-7-6(3-8(9)11)5-14-10(7)13/h3-4,13H,5H2,1-2H3. The van der Waals surface area contributed by atoms with Crippen molar-refractivity contribution >= 4 is 29.9 Å². The molecular formula is C9H11BClNO2. The lowest BCUT2D eigenvalue weighted by Gasteiger charge is -2.15. The third kappa shape index (κ3) is 1.50. The summed E-state index contributed by atoms with van der Waals surface area (Å²) in [6.45, 7) is 0.434. The normalized spacial score (nSPS) is 14.4. The molecule has 0 unspecified atom stereocenters. The minimum Gasteiger partial charge on any atom is -0.423 e. The Morgan fingerprint density at radius 3 is 2.86 bits per heavy atom. The lowest BCUT2D eigenvalue weighted by Crippen LogP contribution is -2.29. The van der Waals surface area contributed by atoms with E-state index in [1.54, 1.807) is 0 Å². The van der Waals surface area contributed by atoms with Gasteiger partial charge in [0.2, 0.25) is 0 Å². The van der Waals surface area contributed by atoms with Gasteiger partial charge in [-0.1, -0.05) is 11.6 Å². The summed E-state index contributed by atoms with van der Waals surface area (Å²) in [7, 11) is 3.02. The summed E-state index contributed by atoms with van der Waals surface area (Å²) in [4.78, 5) is 1.91. The van der Waals surface area contributed by atoms with Crippen molar-refractivity contribution in [1.29, 1.82) is 0 Å². The van der Waals surface area contributed by atoms with E-state index in [1.807, 2.05) is 31.1 Å². The first-order valence-corrected chi connectivity index (χ1v) is 4.76. The Morgan fingerprint density at radius 1 is 1.50 bits per heavy atom. The summed E-state index contributed by atoms with van der Waals surface area (Å²) >= 11 is 6.07. The Kier molecular flexibility index (Phi) is 2.43. The molecule has 0 spiro atoms. The first-order chi connectivity index (χ1) is 6.59. The largest absolute Gasteiger partial charge is 0.491 e. The molecule has 74 valence electrons. The van der Waals surface area contributed by atoms with Crippen molar-refractivity contribution in [2.24, 2.45) is 0 Å². The van der Waals surface area contributed by atoms with Crippen LogP contribution in [0.3, 0.4) is 0 Å². The zero-order valence-electron chi connectivity index (χ0n) is 8.12. The van der Waals surface area contributed by atoms with Crippen LogP contribution in [0.4, 0.5) is 5.69 Å². The van der Waals surface area contributed by atoms with Crippen LogP contribution in [0.5, 0.6) is 0 Å². The van der Waals surface area contributed by atoms with Crippen LogP contribution in [-0.4, -0.2) is 26.2 Å². The summed E-state index contributed by atoms with van der Waals surface area (Å²) in [5, 5.41) is 10.2. The molecule has 0 radical (unpaired) electrons. The SMILES string of the molecule is CN(C)c1cc2c(cc1Cl)COB2O. The van der Waals surface area contributed by atoms with Crippen LogP contribution in [0.25, 0.3) is 0 Å². The molecule has 1 aliphatic heterocycles. The maximum atomic E-state index is 9.49. The second-order valence-corrected chi connectivity index (χ2v) is 3.97. The molecule has 2 rings (SSSR count). The average Bonchev–Trinajstić information content (AvgIpc) is 2.46. The summed E-state index contributed by atoms with van der Waals surface area (Å²) in [6, 6.07) is 3.72. The van der Waals surface area contributed by atoms with Crippen molar-refractivity contribution in [1.82, 2.24) is 0 Å². The molecule has 0 atom stereocenters. The van der Waals surface area contributed by atoms with E-state index < -0.39 is 7.12 Å². The van der Waals surface area contributed by atoms with Gasteiger partial charge in [0.25, 0.3) is 0 Å². The van der Waals surface area contributed by atoms with E-state index in [2.05, 4.69) is 0 Å². The molecule has 3 nitrogen and oxygen atoms in total. The van der Waals surface area contributed by atoms with Crippen molar-refractivity contribution in [3.8, 4) is 0 Å². The smallest absolute Gasteiger partial charge is 0.423 e. The minimum absolute atomic E-state index is 0.434. The van der Waals surface area contributed by atoms with Crippen LogP contribution in [0, 0.1) is 0 Å². The van der Waals surface area contributed by atoms with Crippen molar-refractivity contribution in [2.45, 2.75) is 6.61 Å². The Morgan fingerprint density at radius 2 is 2.21 bits per heavy atom.